The summed E-state index contributed by atoms with van der Waals surface area (Å²) in [6.07, 6.45) is -0.692. The second kappa shape index (κ2) is 7.84. The molecule has 0 saturated carbocycles. The summed E-state index contributed by atoms with van der Waals surface area (Å²) in [7, 11) is 0. The zero-order valence-electron chi connectivity index (χ0n) is 16.2. The minimum atomic E-state index is -0.692. The summed E-state index contributed by atoms with van der Waals surface area (Å²) in [4.78, 5) is 26.0. The number of thiophene rings is 2. The van der Waals surface area contributed by atoms with Crippen molar-refractivity contribution in [1.82, 2.24) is 10.2 Å². The summed E-state index contributed by atoms with van der Waals surface area (Å²) in [6.45, 7) is 8.96. The molecule has 148 valence electrons. The van der Waals surface area contributed by atoms with Crippen LogP contribution < -0.4 is 5.32 Å². The van der Waals surface area contributed by atoms with E-state index in [9.17, 15) is 9.59 Å². The van der Waals surface area contributed by atoms with Crippen LogP contribution in [-0.4, -0.2) is 22.1 Å². The van der Waals surface area contributed by atoms with Gasteiger partial charge in [0.05, 0.1) is 9.88 Å². The molecule has 0 aromatic carbocycles. The monoisotopic (exact) mass is 419 g/mol. The Morgan fingerprint density at radius 2 is 2.04 bits per heavy atom. The smallest absolute Gasteiger partial charge is 0.349 e. The van der Waals surface area contributed by atoms with Crippen LogP contribution in [0.5, 0.6) is 0 Å². The van der Waals surface area contributed by atoms with Gasteiger partial charge in [-0.25, -0.2) is 4.79 Å². The number of rotatable bonds is 5. The molecule has 3 aromatic heterocycles. The van der Waals surface area contributed by atoms with Gasteiger partial charge < -0.3 is 14.5 Å². The van der Waals surface area contributed by atoms with Gasteiger partial charge in [-0.2, -0.15) is 0 Å². The van der Waals surface area contributed by atoms with E-state index in [1.54, 1.807) is 19.9 Å². The van der Waals surface area contributed by atoms with Gasteiger partial charge in [0.25, 0.3) is 11.8 Å². The molecule has 0 fully saturated rings. The van der Waals surface area contributed by atoms with E-state index in [0.717, 1.165) is 10.4 Å². The largest absolute Gasteiger partial charge is 0.448 e. The minimum absolute atomic E-state index is 0.117. The lowest BCUT2D eigenvalue weighted by molar-refractivity contribution is -0.123. The number of anilines is 1. The number of hydrogen-bond acceptors (Lipinski definition) is 8. The van der Waals surface area contributed by atoms with Crippen LogP contribution in [0.25, 0.3) is 10.8 Å². The highest BCUT2D eigenvalue weighted by Crippen LogP contribution is 2.31. The van der Waals surface area contributed by atoms with Gasteiger partial charge in [-0.1, -0.05) is 26.8 Å². The highest BCUT2D eigenvalue weighted by Gasteiger charge is 2.25. The van der Waals surface area contributed by atoms with Crippen molar-refractivity contribution in [2.24, 2.45) is 5.41 Å². The first-order valence-electron chi connectivity index (χ1n) is 8.65. The van der Waals surface area contributed by atoms with Crippen molar-refractivity contribution < 1.29 is 18.7 Å². The molecule has 3 heterocycles. The maximum atomic E-state index is 12.6. The first kappa shape index (κ1) is 20.2. The molecule has 0 saturated heterocycles. The van der Waals surface area contributed by atoms with Gasteiger partial charge in [0.2, 0.25) is 5.91 Å². The van der Waals surface area contributed by atoms with Crippen molar-refractivity contribution >= 4 is 39.6 Å². The summed E-state index contributed by atoms with van der Waals surface area (Å²) in [5.41, 5.74) is 0.210. The summed E-state index contributed by atoms with van der Waals surface area (Å²) in [5, 5.41) is 13.3. The molecule has 0 spiro atoms. The van der Waals surface area contributed by atoms with Gasteiger partial charge in [-0.05, 0) is 36.9 Å². The number of aromatic nitrogens is 2. The van der Waals surface area contributed by atoms with Crippen molar-refractivity contribution in [3.05, 3.63) is 39.9 Å². The van der Waals surface area contributed by atoms with Crippen LogP contribution in [-0.2, 0) is 9.53 Å². The van der Waals surface area contributed by atoms with Crippen LogP contribution in [0, 0.1) is 12.3 Å². The van der Waals surface area contributed by atoms with Crippen LogP contribution in [0.2, 0.25) is 0 Å². The van der Waals surface area contributed by atoms with E-state index < -0.39 is 17.5 Å². The molecule has 1 atom stereocenters. The molecule has 0 bridgehead atoms. The second-order valence-corrected chi connectivity index (χ2v) is 9.30. The van der Waals surface area contributed by atoms with Crippen molar-refractivity contribution in [1.29, 1.82) is 0 Å². The van der Waals surface area contributed by atoms with E-state index in [-0.39, 0.29) is 11.8 Å². The lowest BCUT2D eigenvalue weighted by Crippen LogP contribution is -2.27. The predicted octanol–water partition coefficient (Wildman–Crippen LogP) is 5.07. The van der Waals surface area contributed by atoms with Crippen LogP contribution in [0.1, 0.15) is 54.9 Å². The number of nitrogens with zero attached hydrogens (tertiary/aromatic N) is 2. The number of aryl methyl sites for hydroxylation is 1. The van der Waals surface area contributed by atoms with E-state index in [2.05, 4.69) is 15.5 Å². The van der Waals surface area contributed by atoms with Gasteiger partial charge in [-0.3, -0.25) is 4.79 Å². The molecule has 0 aliphatic carbocycles. The number of carbonyl (C=O) groups excluding carboxylic acids is 2. The van der Waals surface area contributed by atoms with Gasteiger partial charge in [0, 0.05) is 5.41 Å². The number of hydrogen-bond donors (Lipinski definition) is 1. The van der Waals surface area contributed by atoms with Crippen molar-refractivity contribution in [2.45, 2.75) is 40.7 Å². The topological polar surface area (TPSA) is 94.3 Å². The molecule has 3 aromatic rings. The fraction of sp³-hybridized carbons (Fsp3) is 0.368. The molecule has 28 heavy (non-hydrogen) atoms. The second-order valence-electron chi connectivity index (χ2n) is 7.30. The molecule has 0 aliphatic rings. The molecular weight excluding hydrogens is 398 g/mol. The maximum absolute atomic E-state index is 12.6. The first-order chi connectivity index (χ1) is 13.1. The van der Waals surface area contributed by atoms with Gasteiger partial charge >= 0.3 is 5.97 Å². The normalized spacial score (nSPS) is 12.6. The van der Waals surface area contributed by atoms with Crippen molar-refractivity contribution in [3.8, 4) is 10.8 Å². The third-order valence-electron chi connectivity index (χ3n) is 3.83. The molecule has 0 radical (unpaired) electrons. The molecule has 0 aliphatic heterocycles. The van der Waals surface area contributed by atoms with E-state index in [4.69, 9.17) is 9.15 Å². The molecule has 1 unspecified atom stereocenters. The molecule has 3 rings (SSSR count). The highest BCUT2D eigenvalue weighted by molar-refractivity contribution is 7.18. The number of nitrogens with one attached hydrogen (secondary N) is 1. The summed E-state index contributed by atoms with van der Waals surface area (Å²) < 4.78 is 11.1. The van der Waals surface area contributed by atoms with Crippen molar-refractivity contribution in [2.75, 3.05) is 5.32 Å². The fourth-order valence-corrected chi connectivity index (χ4v) is 3.80. The average molecular weight is 420 g/mol. The van der Waals surface area contributed by atoms with Crippen LogP contribution >= 0.6 is 22.7 Å². The summed E-state index contributed by atoms with van der Waals surface area (Å²) in [6, 6.07) is 5.53. The third-order valence-corrected chi connectivity index (χ3v) is 5.82. The van der Waals surface area contributed by atoms with Crippen LogP contribution in [0.15, 0.2) is 28.0 Å². The van der Waals surface area contributed by atoms with E-state index >= 15 is 0 Å². The van der Waals surface area contributed by atoms with Gasteiger partial charge in [0.15, 0.2) is 6.10 Å². The molecular formula is C19H21N3O4S2. The minimum Gasteiger partial charge on any atom is -0.448 e. The highest BCUT2D eigenvalue weighted by atomic mass is 32.1. The van der Waals surface area contributed by atoms with Crippen LogP contribution in [0.3, 0.4) is 0 Å². The van der Waals surface area contributed by atoms with E-state index in [1.165, 1.54) is 22.7 Å². The Hall–Kier alpha value is -2.52. The number of carbonyl (C=O) groups is 2. The number of esters is 1. The SMILES string of the molecule is Cc1cc(NC(=O)C(C)(C)C)sc1C(=O)OC(C)c1nnc(-c2cccs2)o1. The van der Waals surface area contributed by atoms with Crippen molar-refractivity contribution in [3.63, 3.8) is 0 Å². The van der Waals surface area contributed by atoms with Gasteiger partial charge in [0.1, 0.15) is 4.88 Å². The maximum Gasteiger partial charge on any atom is 0.349 e. The molecule has 7 nitrogen and oxygen atoms in total. The molecule has 9 heteroatoms. The van der Waals surface area contributed by atoms with E-state index in [1.807, 2.05) is 38.3 Å². The number of ether oxygens (including phenoxy) is 1. The first-order valence-corrected chi connectivity index (χ1v) is 10.3. The van der Waals surface area contributed by atoms with Gasteiger partial charge in [-0.15, -0.1) is 32.9 Å². The molecule has 1 amide bonds. The Balaban J connectivity index is 1.68. The Morgan fingerprint density at radius 3 is 2.68 bits per heavy atom. The van der Waals surface area contributed by atoms with E-state index in [0.29, 0.717) is 15.8 Å². The Labute approximate surface area is 170 Å². The van der Waals surface area contributed by atoms with Crippen LogP contribution in [0.4, 0.5) is 5.00 Å². The summed E-state index contributed by atoms with van der Waals surface area (Å²) >= 11 is 2.67. The molecule has 1 N–H and O–H groups in total. The Morgan fingerprint density at radius 1 is 1.29 bits per heavy atom. The third kappa shape index (κ3) is 4.48. The average Bonchev–Trinajstić information content (AvgIpc) is 3.34. The Bertz CT molecular complexity index is 983. The number of amides is 1. The lowest BCUT2D eigenvalue weighted by atomic mass is 9.96. The zero-order chi connectivity index (χ0) is 20.5. The standard InChI is InChI=1S/C19H21N3O4S2/c1-10-9-13(20-18(24)19(3,4)5)28-14(10)17(23)25-11(2)15-21-22-16(26-15)12-7-6-8-27-12/h6-9,11H,1-5H3,(H,20,24). The predicted molar refractivity (Wildman–Crippen MR) is 109 cm³/mol. The summed E-state index contributed by atoms with van der Waals surface area (Å²) in [5.74, 6) is 0.00994. The quantitative estimate of drug-likeness (QED) is 0.580. The lowest BCUT2D eigenvalue weighted by Gasteiger charge is -2.16. The fourth-order valence-electron chi connectivity index (χ4n) is 2.21. The Kier molecular flexibility index (Phi) is 5.66. The zero-order valence-corrected chi connectivity index (χ0v) is 17.9.